The van der Waals surface area contributed by atoms with E-state index in [2.05, 4.69) is 9.97 Å². The number of nitrogens with zero attached hydrogens (tertiary/aromatic N) is 3. The highest BCUT2D eigenvalue weighted by atomic mass is 35.5. The monoisotopic (exact) mass is 319 g/mol. The van der Waals surface area contributed by atoms with Crippen molar-refractivity contribution < 1.29 is 13.2 Å². The molecule has 0 radical (unpaired) electrons. The van der Waals surface area contributed by atoms with E-state index in [1.165, 1.54) is 6.26 Å². The van der Waals surface area contributed by atoms with Gasteiger partial charge < -0.3 is 9.64 Å². The van der Waals surface area contributed by atoms with Gasteiger partial charge in [0.1, 0.15) is 10.6 Å². The lowest BCUT2D eigenvalue weighted by atomic mass is 10.1. The number of ether oxygens (including phenoxy) is 1. The van der Waals surface area contributed by atoms with Crippen LogP contribution in [0, 0.1) is 0 Å². The van der Waals surface area contributed by atoms with Gasteiger partial charge in [0.2, 0.25) is 5.28 Å². The fraction of sp³-hybridized carbons (Fsp3) is 0.667. The van der Waals surface area contributed by atoms with E-state index in [0.717, 1.165) is 0 Å². The number of sulfone groups is 1. The Morgan fingerprint density at radius 2 is 1.90 bits per heavy atom. The van der Waals surface area contributed by atoms with Crippen molar-refractivity contribution in [1.29, 1.82) is 0 Å². The van der Waals surface area contributed by atoms with Crippen molar-refractivity contribution in [3.8, 4) is 0 Å². The lowest BCUT2D eigenvalue weighted by Gasteiger charge is -2.29. The molecular formula is C12H18ClN3O3S. The average molecular weight is 320 g/mol. The topological polar surface area (TPSA) is 72.4 Å². The predicted molar refractivity (Wildman–Crippen MR) is 77.9 cm³/mol. The van der Waals surface area contributed by atoms with Gasteiger partial charge >= 0.3 is 0 Å². The highest BCUT2D eigenvalue weighted by Crippen LogP contribution is 2.30. The highest BCUT2D eigenvalue weighted by molar-refractivity contribution is 7.91. The molecule has 0 amide bonds. The number of morpholine rings is 1. The summed E-state index contributed by atoms with van der Waals surface area (Å²) in [4.78, 5) is 10.3. The molecule has 1 saturated heterocycles. The quantitative estimate of drug-likeness (QED) is 0.781. The molecular weight excluding hydrogens is 302 g/mol. The van der Waals surface area contributed by atoms with Gasteiger partial charge in [-0.3, -0.25) is 0 Å². The molecule has 2 heterocycles. The molecule has 0 aliphatic carbocycles. The molecule has 1 aliphatic rings. The van der Waals surface area contributed by atoms with Crippen LogP contribution in [0.4, 0.5) is 5.82 Å². The van der Waals surface area contributed by atoms with Gasteiger partial charge in [-0.1, -0.05) is 0 Å². The van der Waals surface area contributed by atoms with Gasteiger partial charge in [0.05, 0.1) is 18.9 Å². The van der Waals surface area contributed by atoms with Crippen molar-refractivity contribution in [2.24, 2.45) is 0 Å². The van der Waals surface area contributed by atoms with Gasteiger partial charge in [0.25, 0.3) is 0 Å². The van der Waals surface area contributed by atoms with Crippen LogP contribution in [0.1, 0.15) is 19.5 Å². The Labute approximate surface area is 124 Å². The van der Waals surface area contributed by atoms with Crippen molar-refractivity contribution in [2.75, 3.05) is 37.5 Å². The van der Waals surface area contributed by atoms with E-state index in [4.69, 9.17) is 16.3 Å². The summed E-state index contributed by atoms with van der Waals surface area (Å²) in [5.74, 6) is 0.639. The highest BCUT2D eigenvalue weighted by Gasteiger charge is 2.35. The molecule has 0 saturated carbocycles. The lowest BCUT2D eigenvalue weighted by molar-refractivity contribution is 0.122. The first-order valence-corrected chi connectivity index (χ1v) is 8.56. The van der Waals surface area contributed by atoms with Gasteiger partial charge in [-0.05, 0) is 25.4 Å². The number of hydrogen-bond acceptors (Lipinski definition) is 6. The maximum absolute atomic E-state index is 11.9. The maximum atomic E-state index is 11.9. The molecule has 6 nitrogen and oxygen atoms in total. The zero-order valence-electron chi connectivity index (χ0n) is 11.8. The number of aromatic nitrogens is 2. The summed E-state index contributed by atoms with van der Waals surface area (Å²) in [6, 6.07) is 1.69. The van der Waals surface area contributed by atoms with Crippen LogP contribution >= 0.6 is 11.6 Å². The number of rotatable bonds is 3. The summed E-state index contributed by atoms with van der Waals surface area (Å²) < 4.78 is 28.0. The standard InChI is InChI=1S/C12H18ClN3O3S/c1-12(2,20(3,17)18)9-8-10(15-11(13)14-9)16-4-6-19-7-5-16/h8H,4-7H2,1-3H3. The second-order valence-electron chi connectivity index (χ2n) is 5.26. The number of anilines is 1. The molecule has 112 valence electrons. The summed E-state index contributed by atoms with van der Waals surface area (Å²) in [6.45, 7) is 5.87. The van der Waals surface area contributed by atoms with Gasteiger partial charge in [-0.2, -0.15) is 0 Å². The van der Waals surface area contributed by atoms with Gasteiger partial charge in [0.15, 0.2) is 9.84 Å². The summed E-state index contributed by atoms with van der Waals surface area (Å²) in [5, 5.41) is 0.0562. The van der Waals surface area contributed by atoms with Crippen LogP contribution in [-0.2, 0) is 19.3 Å². The van der Waals surface area contributed by atoms with E-state index < -0.39 is 14.6 Å². The van der Waals surface area contributed by atoms with Crippen LogP contribution in [0.15, 0.2) is 6.07 Å². The van der Waals surface area contributed by atoms with E-state index in [1.54, 1.807) is 19.9 Å². The van der Waals surface area contributed by atoms with E-state index in [1.807, 2.05) is 4.90 Å². The average Bonchev–Trinajstić information content (AvgIpc) is 2.37. The first kappa shape index (κ1) is 15.5. The maximum Gasteiger partial charge on any atom is 0.224 e. The van der Waals surface area contributed by atoms with Crippen LogP contribution in [-0.4, -0.2) is 50.9 Å². The molecule has 0 aromatic carbocycles. The first-order valence-electron chi connectivity index (χ1n) is 6.29. The minimum Gasteiger partial charge on any atom is -0.378 e. The van der Waals surface area contributed by atoms with Crippen LogP contribution in [0.3, 0.4) is 0 Å². The van der Waals surface area contributed by atoms with Crippen molar-refractivity contribution in [3.63, 3.8) is 0 Å². The van der Waals surface area contributed by atoms with Crippen LogP contribution in [0.5, 0.6) is 0 Å². The fourth-order valence-electron chi connectivity index (χ4n) is 1.86. The zero-order chi connectivity index (χ0) is 15.0. The number of hydrogen-bond donors (Lipinski definition) is 0. The summed E-state index contributed by atoms with van der Waals surface area (Å²) in [5.41, 5.74) is 0.404. The lowest BCUT2D eigenvalue weighted by Crippen LogP contribution is -2.37. The fourth-order valence-corrected chi connectivity index (χ4v) is 2.52. The molecule has 1 aromatic rings. The Bertz CT molecular complexity index is 598. The molecule has 1 aromatic heterocycles. The molecule has 0 unspecified atom stereocenters. The normalized spacial score (nSPS) is 17.3. The Morgan fingerprint density at radius 1 is 1.30 bits per heavy atom. The third-order valence-corrected chi connectivity index (χ3v) is 5.80. The molecule has 0 bridgehead atoms. The molecule has 0 N–H and O–H groups in total. The molecule has 8 heteroatoms. The minimum atomic E-state index is -3.31. The third kappa shape index (κ3) is 3.05. The summed E-state index contributed by atoms with van der Waals surface area (Å²) >= 11 is 5.95. The summed E-state index contributed by atoms with van der Waals surface area (Å²) in [6.07, 6.45) is 1.19. The third-order valence-electron chi connectivity index (χ3n) is 3.56. The largest absolute Gasteiger partial charge is 0.378 e. The molecule has 0 spiro atoms. The zero-order valence-corrected chi connectivity index (χ0v) is 13.3. The molecule has 0 atom stereocenters. The minimum absolute atomic E-state index is 0.0562. The predicted octanol–water partition coefficient (Wildman–Crippen LogP) is 1.25. The van der Waals surface area contributed by atoms with Crippen molar-refractivity contribution in [3.05, 3.63) is 17.0 Å². The Kier molecular flexibility index (Phi) is 4.22. The summed E-state index contributed by atoms with van der Waals surface area (Å²) in [7, 11) is -3.31. The van der Waals surface area contributed by atoms with Crippen LogP contribution < -0.4 is 4.90 Å². The van der Waals surface area contributed by atoms with E-state index in [0.29, 0.717) is 37.8 Å². The van der Waals surface area contributed by atoms with E-state index in [-0.39, 0.29) is 5.28 Å². The van der Waals surface area contributed by atoms with E-state index in [9.17, 15) is 8.42 Å². The smallest absolute Gasteiger partial charge is 0.224 e. The van der Waals surface area contributed by atoms with Crippen LogP contribution in [0.25, 0.3) is 0 Å². The van der Waals surface area contributed by atoms with Gasteiger partial charge in [0, 0.05) is 25.4 Å². The van der Waals surface area contributed by atoms with Crippen molar-refractivity contribution in [1.82, 2.24) is 9.97 Å². The van der Waals surface area contributed by atoms with Gasteiger partial charge in [-0.15, -0.1) is 0 Å². The Morgan fingerprint density at radius 3 is 2.45 bits per heavy atom. The molecule has 2 rings (SSSR count). The van der Waals surface area contributed by atoms with Crippen LogP contribution in [0.2, 0.25) is 5.28 Å². The first-order chi connectivity index (χ1) is 9.22. The Hall–Kier alpha value is -0.920. The molecule has 1 aliphatic heterocycles. The SMILES string of the molecule is CC(C)(c1cc(N2CCOCC2)nc(Cl)n1)S(C)(=O)=O. The molecule has 20 heavy (non-hydrogen) atoms. The molecule has 1 fully saturated rings. The Balaban J connectivity index is 2.43. The second-order valence-corrected chi connectivity index (χ2v) is 8.17. The van der Waals surface area contributed by atoms with Crippen molar-refractivity contribution in [2.45, 2.75) is 18.6 Å². The van der Waals surface area contributed by atoms with Gasteiger partial charge in [-0.25, -0.2) is 18.4 Å². The van der Waals surface area contributed by atoms with E-state index >= 15 is 0 Å². The van der Waals surface area contributed by atoms with Crippen molar-refractivity contribution >= 4 is 27.3 Å². The second kappa shape index (κ2) is 5.46. The number of halogens is 1.